The molecule has 4 nitrogen and oxygen atoms in total. The molecule has 0 bridgehead atoms. The molecular formula is C17H30N2O2. The van der Waals surface area contributed by atoms with Gasteiger partial charge in [0.25, 0.3) is 0 Å². The first-order valence-electron chi connectivity index (χ1n) is 7.77. The number of nitrogens with two attached hydrogens (primary N) is 1. The van der Waals surface area contributed by atoms with E-state index in [1.54, 1.807) is 14.2 Å². The number of benzene rings is 1. The van der Waals surface area contributed by atoms with Crippen molar-refractivity contribution in [3.63, 3.8) is 0 Å². The summed E-state index contributed by atoms with van der Waals surface area (Å²) in [4.78, 5) is 2.42. The molecule has 1 aromatic rings. The molecule has 1 aromatic carbocycles. The van der Waals surface area contributed by atoms with Crippen LogP contribution in [0.5, 0.6) is 11.5 Å². The second-order valence-corrected chi connectivity index (χ2v) is 5.44. The van der Waals surface area contributed by atoms with E-state index in [0.29, 0.717) is 12.5 Å². The first-order chi connectivity index (χ1) is 10.1. The van der Waals surface area contributed by atoms with E-state index in [4.69, 9.17) is 15.2 Å². The van der Waals surface area contributed by atoms with Crippen LogP contribution in [-0.4, -0.2) is 38.8 Å². The lowest BCUT2D eigenvalue weighted by Gasteiger charge is -2.33. The summed E-state index contributed by atoms with van der Waals surface area (Å²) in [6, 6.07) is 6.14. The van der Waals surface area contributed by atoms with Crippen molar-refractivity contribution in [3.05, 3.63) is 23.8 Å². The molecule has 0 amide bonds. The second kappa shape index (κ2) is 8.90. The van der Waals surface area contributed by atoms with Gasteiger partial charge in [0.15, 0.2) is 11.5 Å². The number of nitrogens with zero attached hydrogens (tertiary/aromatic N) is 1. The van der Waals surface area contributed by atoms with Crippen molar-refractivity contribution in [1.29, 1.82) is 0 Å². The molecule has 0 fully saturated rings. The Morgan fingerprint density at radius 2 is 1.90 bits per heavy atom. The lowest BCUT2D eigenvalue weighted by molar-refractivity contribution is 0.178. The molecule has 0 aliphatic heterocycles. The highest BCUT2D eigenvalue weighted by molar-refractivity contribution is 5.48. The number of rotatable bonds is 9. The fourth-order valence-electron chi connectivity index (χ4n) is 2.65. The van der Waals surface area contributed by atoms with Gasteiger partial charge in [-0.15, -0.1) is 0 Å². The highest BCUT2D eigenvalue weighted by atomic mass is 16.5. The first kappa shape index (κ1) is 17.8. The Hall–Kier alpha value is -1.26. The highest BCUT2D eigenvalue weighted by Gasteiger charge is 2.24. The molecule has 0 saturated heterocycles. The van der Waals surface area contributed by atoms with E-state index >= 15 is 0 Å². The molecule has 1 rings (SSSR count). The molecule has 120 valence electrons. The summed E-state index contributed by atoms with van der Waals surface area (Å²) in [7, 11) is 3.34. The Kier molecular flexibility index (Phi) is 7.54. The zero-order valence-electron chi connectivity index (χ0n) is 14.1. The van der Waals surface area contributed by atoms with Crippen LogP contribution in [0.2, 0.25) is 0 Å². The lowest BCUT2D eigenvalue weighted by Crippen LogP contribution is -2.36. The molecular weight excluding hydrogens is 264 g/mol. The molecule has 0 aliphatic carbocycles. The van der Waals surface area contributed by atoms with Crippen LogP contribution in [0.3, 0.4) is 0 Å². The van der Waals surface area contributed by atoms with E-state index in [0.717, 1.165) is 30.2 Å². The number of para-hydroxylation sites is 1. The molecule has 4 heteroatoms. The van der Waals surface area contributed by atoms with Crippen LogP contribution in [0.4, 0.5) is 0 Å². The molecule has 0 spiro atoms. The fourth-order valence-corrected chi connectivity index (χ4v) is 2.65. The van der Waals surface area contributed by atoms with Gasteiger partial charge in [-0.3, -0.25) is 4.90 Å². The number of likely N-dealkylation sites (N-methyl/N-ethyl adjacent to an activating group) is 1. The number of hydrogen-bond acceptors (Lipinski definition) is 4. The van der Waals surface area contributed by atoms with E-state index in [-0.39, 0.29) is 6.04 Å². The smallest absolute Gasteiger partial charge is 0.165 e. The third-order valence-electron chi connectivity index (χ3n) is 4.11. The second-order valence-electron chi connectivity index (χ2n) is 5.44. The summed E-state index contributed by atoms with van der Waals surface area (Å²) >= 11 is 0. The minimum absolute atomic E-state index is 0.147. The molecule has 0 heterocycles. The topological polar surface area (TPSA) is 47.7 Å². The standard InChI is InChI=1S/C17H30N2O2/c1-6-13(3)12-19(7-2)15(11-18)14-9-8-10-16(20-4)17(14)21-5/h8-10,13,15H,6-7,11-12,18H2,1-5H3. The van der Waals surface area contributed by atoms with Crippen LogP contribution in [0.15, 0.2) is 18.2 Å². The molecule has 2 atom stereocenters. The Balaban J connectivity index is 3.13. The van der Waals surface area contributed by atoms with Crippen molar-refractivity contribution in [2.45, 2.75) is 33.2 Å². The first-order valence-corrected chi connectivity index (χ1v) is 7.77. The SMILES string of the molecule is CCC(C)CN(CC)C(CN)c1cccc(OC)c1OC. The van der Waals surface area contributed by atoms with Gasteiger partial charge in [-0.05, 0) is 18.5 Å². The van der Waals surface area contributed by atoms with E-state index in [2.05, 4.69) is 31.7 Å². The summed E-state index contributed by atoms with van der Waals surface area (Å²) in [5, 5.41) is 0. The Morgan fingerprint density at radius 3 is 2.38 bits per heavy atom. The minimum Gasteiger partial charge on any atom is -0.493 e. The van der Waals surface area contributed by atoms with Gasteiger partial charge in [0.1, 0.15) is 0 Å². The maximum absolute atomic E-state index is 6.08. The maximum atomic E-state index is 6.08. The Labute approximate surface area is 129 Å². The van der Waals surface area contributed by atoms with Gasteiger partial charge in [0, 0.05) is 18.7 Å². The van der Waals surface area contributed by atoms with Crippen LogP contribution in [0, 0.1) is 5.92 Å². The van der Waals surface area contributed by atoms with Gasteiger partial charge in [-0.25, -0.2) is 0 Å². The van der Waals surface area contributed by atoms with E-state index < -0.39 is 0 Å². The highest BCUT2D eigenvalue weighted by Crippen LogP contribution is 2.36. The molecule has 0 radical (unpaired) electrons. The molecule has 21 heavy (non-hydrogen) atoms. The quantitative estimate of drug-likeness (QED) is 0.760. The summed E-state index contributed by atoms with van der Waals surface area (Å²) in [5.41, 5.74) is 7.18. The van der Waals surface area contributed by atoms with E-state index in [1.165, 1.54) is 6.42 Å². The van der Waals surface area contributed by atoms with Gasteiger partial charge in [0.2, 0.25) is 0 Å². The Morgan fingerprint density at radius 1 is 1.19 bits per heavy atom. The summed E-state index contributed by atoms with van der Waals surface area (Å²) in [6.45, 7) is 9.24. The third kappa shape index (κ3) is 4.35. The normalized spacial score (nSPS) is 14.0. The Bertz CT molecular complexity index is 423. The van der Waals surface area contributed by atoms with Gasteiger partial charge >= 0.3 is 0 Å². The molecule has 2 N–H and O–H groups in total. The average Bonchev–Trinajstić information content (AvgIpc) is 2.53. The summed E-state index contributed by atoms with van der Waals surface area (Å²) in [6.07, 6.45) is 1.17. The largest absolute Gasteiger partial charge is 0.493 e. The molecule has 0 aromatic heterocycles. The lowest BCUT2D eigenvalue weighted by atomic mass is 10.0. The van der Waals surface area contributed by atoms with Crippen molar-refractivity contribution in [3.8, 4) is 11.5 Å². The van der Waals surface area contributed by atoms with Gasteiger partial charge in [-0.2, -0.15) is 0 Å². The third-order valence-corrected chi connectivity index (χ3v) is 4.11. The molecule has 2 unspecified atom stereocenters. The van der Waals surface area contributed by atoms with Crippen LogP contribution in [-0.2, 0) is 0 Å². The van der Waals surface area contributed by atoms with Gasteiger partial charge in [-0.1, -0.05) is 39.3 Å². The molecule has 0 saturated carbocycles. The van der Waals surface area contributed by atoms with Crippen LogP contribution < -0.4 is 15.2 Å². The monoisotopic (exact) mass is 294 g/mol. The van der Waals surface area contributed by atoms with Crippen molar-refractivity contribution in [1.82, 2.24) is 4.90 Å². The predicted molar refractivity (Wildman–Crippen MR) is 88.0 cm³/mol. The van der Waals surface area contributed by atoms with Crippen molar-refractivity contribution < 1.29 is 9.47 Å². The van der Waals surface area contributed by atoms with Crippen LogP contribution >= 0.6 is 0 Å². The molecule has 0 aliphatic rings. The van der Waals surface area contributed by atoms with Gasteiger partial charge in [0.05, 0.1) is 20.3 Å². The van der Waals surface area contributed by atoms with Crippen molar-refractivity contribution in [2.75, 3.05) is 33.9 Å². The zero-order valence-corrected chi connectivity index (χ0v) is 14.1. The average molecular weight is 294 g/mol. The van der Waals surface area contributed by atoms with Crippen LogP contribution in [0.1, 0.15) is 38.8 Å². The summed E-state index contributed by atoms with van der Waals surface area (Å²) in [5.74, 6) is 2.20. The minimum atomic E-state index is 0.147. The summed E-state index contributed by atoms with van der Waals surface area (Å²) < 4.78 is 11.0. The maximum Gasteiger partial charge on any atom is 0.165 e. The zero-order chi connectivity index (χ0) is 15.8. The number of hydrogen-bond donors (Lipinski definition) is 1. The van der Waals surface area contributed by atoms with E-state index in [1.807, 2.05) is 12.1 Å². The van der Waals surface area contributed by atoms with E-state index in [9.17, 15) is 0 Å². The van der Waals surface area contributed by atoms with Crippen LogP contribution in [0.25, 0.3) is 0 Å². The predicted octanol–water partition coefficient (Wildman–Crippen LogP) is 3.07. The van der Waals surface area contributed by atoms with Crippen molar-refractivity contribution >= 4 is 0 Å². The number of ether oxygens (including phenoxy) is 2. The van der Waals surface area contributed by atoms with Crippen molar-refractivity contribution in [2.24, 2.45) is 11.7 Å². The fraction of sp³-hybridized carbons (Fsp3) is 0.647. The number of methoxy groups -OCH3 is 2. The van der Waals surface area contributed by atoms with Gasteiger partial charge < -0.3 is 15.2 Å².